The lowest BCUT2D eigenvalue weighted by atomic mass is 9.82. The molecular formula is C33H43N6O3+. The Labute approximate surface area is 248 Å². The molecular weight excluding hydrogens is 528 g/mol. The second-order valence-corrected chi connectivity index (χ2v) is 13.2. The first-order valence-electron chi connectivity index (χ1n) is 14.9. The van der Waals surface area contributed by atoms with E-state index in [-0.39, 0.29) is 30.3 Å². The molecule has 3 N–H and O–H groups in total. The average Bonchev–Trinajstić information content (AvgIpc) is 3.65. The number of amides is 2. The van der Waals surface area contributed by atoms with Crippen molar-refractivity contribution < 1.29 is 19.1 Å². The first-order valence-corrected chi connectivity index (χ1v) is 14.9. The monoisotopic (exact) mass is 571 g/mol. The van der Waals surface area contributed by atoms with Crippen LogP contribution in [-0.4, -0.2) is 44.8 Å². The maximum Gasteiger partial charge on any atom is 0.352 e. The van der Waals surface area contributed by atoms with Gasteiger partial charge >= 0.3 is 11.9 Å². The van der Waals surface area contributed by atoms with Gasteiger partial charge in [-0.2, -0.15) is 9.88 Å². The topological polar surface area (TPSA) is 120 Å². The Bertz CT molecular complexity index is 1480. The molecule has 9 nitrogen and oxygen atoms in total. The highest BCUT2D eigenvalue weighted by Crippen LogP contribution is 2.39. The normalized spacial score (nSPS) is 19.0. The Morgan fingerprint density at radius 1 is 1.19 bits per heavy atom. The van der Waals surface area contributed by atoms with Gasteiger partial charge in [-0.1, -0.05) is 82.2 Å². The first-order chi connectivity index (χ1) is 19.9. The number of nitrogens with zero attached hydrogens (tertiary/aromatic N) is 4. The lowest BCUT2D eigenvalue weighted by Gasteiger charge is -2.26. The van der Waals surface area contributed by atoms with Crippen LogP contribution < -0.4 is 10.7 Å². The summed E-state index contributed by atoms with van der Waals surface area (Å²) < 4.78 is 5.39. The number of benzene rings is 2. The number of hydrogen-bond acceptors (Lipinski definition) is 6. The number of aromatic nitrogens is 2. The Kier molecular flexibility index (Phi) is 7.96. The third-order valence-electron chi connectivity index (χ3n) is 8.20. The van der Waals surface area contributed by atoms with Gasteiger partial charge in [0.05, 0.1) is 6.54 Å². The highest BCUT2D eigenvalue weighted by atomic mass is 16.5. The highest BCUT2D eigenvalue weighted by Gasteiger charge is 2.53. The molecule has 2 amide bonds. The van der Waals surface area contributed by atoms with Gasteiger partial charge in [-0.25, -0.2) is 0 Å². The SMILES string of the molecule is CC(C)CC[C@]1(c2ccccc2)[NH+]=C(N)N(Cc2ccc(C(C)(C)C)c(C(=O)N(C)Cc3noc(C4CC4)n3)c2)C1=O. The van der Waals surface area contributed by atoms with E-state index in [0.717, 1.165) is 36.0 Å². The summed E-state index contributed by atoms with van der Waals surface area (Å²) in [5.74, 6) is 2.03. The van der Waals surface area contributed by atoms with Crippen molar-refractivity contribution in [3.8, 4) is 0 Å². The van der Waals surface area contributed by atoms with Crippen LogP contribution in [-0.2, 0) is 28.8 Å². The number of carbonyl (C=O) groups excluding carboxylic acids is 2. The van der Waals surface area contributed by atoms with Crippen molar-refractivity contribution in [3.63, 3.8) is 0 Å². The van der Waals surface area contributed by atoms with Crippen LogP contribution in [0.25, 0.3) is 0 Å². The van der Waals surface area contributed by atoms with Crippen LogP contribution in [0.2, 0.25) is 0 Å². The smallest absolute Gasteiger partial charge is 0.339 e. The molecule has 1 aliphatic heterocycles. The summed E-state index contributed by atoms with van der Waals surface area (Å²) in [5, 5.41) is 4.08. The summed E-state index contributed by atoms with van der Waals surface area (Å²) in [6, 6.07) is 15.7. The summed E-state index contributed by atoms with van der Waals surface area (Å²) in [4.78, 5) is 39.0. The molecule has 1 saturated carbocycles. The van der Waals surface area contributed by atoms with Crippen molar-refractivity contribution in [2.75, 3.05) is 7.05 Å². The molecule has 5 rings (SSSR count). The molecule has 0 radical (unpaired) electrons. The van der Waals surface area contributed by atoms with E-state index >= 15 is 0 Å². The van der Waals surface area contributed by atoms with Gasteiger partial charge in [0.25, 0.3) is 5.91 Å². The lowest BCUT2D eigenvalue weighted by Crippen LogP contribution is -2.85. The number of rotatable bonds is 10. The fraction of sp³-hybridized carbons (Fsp3) is 0.485. The Hall–Kier alpha value is -4.01. The van der Waals surface area contributed by atoms with E-state index in [1.165, 1.54) is 0 Å². The van der Waals surface area contributed by atoms with Crippen LogP contribution in [0, 0.1) is 5.92 Å². The molecule has 0 bridgehead atoms. The maximum absolute atomic E-state index is 14.1. The molecule has 9 heteroatoms. The van der Waals surface area contributed by atoms with Crippen molar-refractivity contribution in [1.29, 1.82) is 0 Å². The van der Waals surface area contributed by atoms with Crippen LogP contribution in [0.15, 0.2) is 53.1 Å². The van der Waals surface area contributed by atoms with E-state index in [9.17, 15) is 9.59 Å². The molecule has 2 heterocycles. The van der Waals surface area contributed by atoms with E-state index < -0.39 is 5.54 Å². The highest BCUT2D eigenvalue weighted by molar-refractivity contribution is 6.02. The van der Waals surface area contributed by atoms with Crippen LogP contribution in [0.5, 0.6) is 0 Å². The Morgan fingerprint density at radius 2 is 1.90 bits per heavy atom. The summed E-state index contributed by atoms with van der Waals surface area (Å²) in [6.45, 7) is 11.1. The van der Waals surface area contributed by atoms with Crippen LogP contribution in [0.4, 0.5) is 0 Å². The van der Waals surface area contributed by atoms with Gasteiger partial charge in [0.1, 0.15) is 6.54 Å². The molecule has 1 aromatic heterocycles. The zero-order valence-electron chi connectivity index (χ0n) is 25.6. The molecule has 1 atom stereocenters. The zero-order valence-corrected chi connectivity index (χ0v) is 25.6. The second kappa shape index (κ2) is 11.3. The predicted molar refractivity (Wildman–Crippen MR) is 160 cm³/mol. The van der Waals surface area contributed by atoms with Crippen LogP contribution in [0.3, 0.4) is 0 Å². The van der Waals surface area contributed by atoms with Gasteiger partial charge < -0.3 is 9.42 Å². The maximum atomic E-state index is 14.1. The third-order valence-corrected chi connectivity index (χ3v) is 8.20. The molecule has 42 heavy (non-hydrogen) atoms. The molecule has 3 aromatic rings. The third kappa shape index (κ3) is 5.96. The fourth-order valence-electron chi connectivity index (χ4n) is 5.59. The minimum atomic E-state index is -0.927. The zero-order chi connectivity index (χ0) is 30.2. The average molecular weight is 572 g/mol. The minimum Gasteiger partial charge on any atom is -0.339 e. The summed E-state index contributed by atoms with van der Waals surface area (Å²) in [6.07, 6.45) is 3.63. The fourth-order valence-corrected chi connectivity index (χ4v) is 5.59. The van der Waals surface area contributed by atoms with E-state index in [1.807, 2.05) is 48.5 Å². The van der Waals surface area contributed by atoms with Gasteiger partial charge in [-0.15, -0.1) is 0 Å². The number of carbonyl (C=O) groups is 2. The van der Waals surface area contributed by atoms with Gasteiger partial charge in [0.2, 0.25) is 11.4 Å². The van der Waals surface area contributed by atoms with Gasteiger partial charge in [0, 0.05) is 24.1 Å². The molecule has 0 saturated heterocycles. The first kappa shape index (κ1) is 29.5. The van der Waals surface area contributed by atoms with Gasteiger partial charge in [0.15, 0.2) is 5.82 Å². The van der Waals surface area contributed by atoms with Crippen molar-refractivity contribution in [1.82, 2.24) is 19.9 Å². The van der Waals surface area contributed by atoms with Crippen molar-refractivity contribution in [3.05, 3.63) is 82.5 Å². The molecule has 1 fully saturated rings. The standard InChI is InChI=1S/C33H42N6O3/c1-21(2)16-17-33(24-10-8-7-9-11-24)30(41)39(31(34)36-33)19-22-12-15-26(32(3,4)5)25(18-22)29(40)38(6)20-27-35-28(42-37-27)23-13-14-23/h7-12,15,18,21,23H,13-14,16-17,19-20H2,1-6H3,(H2,34,36)/p+1/t33-/m1/s1. The summed E-state index contributed by atoms with van der Waals surface area (Å²) >= 11 is 0. The van der Waals surface area contributed by atoms with Crippen molar-refractivity contribution >= 4 is 17.8 Å². The molecule has 222 valence electrons. The van der Waals surface area contributed by atoms with Crippen molar-refractivity contribution in [2.24, 2.45) is 11.7 Å². The largest absolute Gasteiger partial charge is 0.352 e. The molecule has 0 unspecified atom stereocenters. The number of nitrogens with two attached hydrogens (primary N) is 1. The predicted octanol–water partition coefficient (Wildman–Crippen LogP) is 3.59. The minimum absolute atomic E-state index is 0.0830. The second-order valence-electron chi connectivity index (χ2n) is 13.2. The Balaban J connectivity index is 1.41. The molecule has 2 aliphatic rings. The van der Waals surface area contributed by atoms with E-state index in [2.05, 4.69) is 49.8 Å². The quantitative estimate of drug-likeness (QED) is 0.384. The Morgan fingerprint density at radius 3 is 2.55 bits per heavy atom. The van der Waals surface area contributed by atoms with Crippen LogP contribution in [0.1, 0.15) is 105 Å². The molecule has 2 aromatic carbocycles. The van der Waals surface area contributed by atoms with E-state index in [4.69, 9.17) is 10.3 Å². The van der Waals surface area contributed by atoms with Gasteiger partial charge in [-0.05, 0) is 54.2 Å². The number of hydrogen-bond donors (Lipinski definition) is 2. The number of nitrogens with one attached hydrogen (secondary N) is 1. The van der Waals surface area contributed by atoms with E-state index in [1.54, 1.807) is 16.8 Å². The van der Waals surface area contributed by atoms with Gasteiger partial charge in [-0.3, -0.25) is 20.3 Å². The van der Waals surface area contributed by atoms with E-state index in [0.29, 0.717) is 41.5 Å². The summed E-state index contributed by atoms with van der Waals surface area (Å²) in [5.41, 5.74) is 8.53. The van der Waals surface area contributed by atoms with Crippen molar-refractivity contribution in [2.45, 2.75) is 90.3 Å². The molecule has 1 aliphatic carbocycles. The lowest BCUT2D eigenvalue weighted by molar-refractivity contribution is -0.540. The molecule has 0 spiro atoms. The number of guanidine groups is 1. The van der Waals surface area contributed by atoms with Crippen LogP contribution >= 0.6 is 0 Å². The summed E-state index contributed by atoms with van der Waals surface area (Å²) in [7, 11) is 1.75.